The van der Waals surface area contributed by atoms with Gasteiger partial charge in [0.2, 0.25) is 0 Å². The fourth-order valence-corrected chi connectivity index (χ4v) is 3.07. The van der Waals surface area contributed by atoms with Crippen LogP contribution in [0.3, 0.4) is 0 Å². The van der Waals surface area contributed by atoms with Crippen molar-refractivity contribution in [2.24, 2.45) is 4.99 Å². The Labute approximate surface area is 149 Å². The van der Waals surface area contributed by atoms with Gasteiger partial charge in [0.05, 0.1) is 12.2 Å². The van der Waals surface area contributed by atoms with Gasteiger partial charge in [0.1, 0.15) is 0 Å². The number of aliphatic imine (C=N–C) groups is 1. The summed E-state index contributed by atoms with van der Waals surface area (Å²) in [6.07, 6.45) is 0. The molecule has 1 N–H and O–H groups in total. The third-order valence-electron chi connectivity index (χ3n) is 3.68. The van der Waals surface area contributed by atoms with Crippen molar-refractivity contribution in [3.8, 4) is 0 Å². The van der Waals surface area contributed by atoms with E-state index in [1.807, 2.05) is 19.0 Å². The van der Waals surface area contributed by atoms with Gasteiger partial charge in [-0.15, -0.1) is 11.3 Å². The molecule has 0 radical (unpaired) electrons. The summed E-state index contributed by atoms with van der Waals surface area (Å²) in [5.74, 6) is 0.903. The molecule has 0 atom stereocenters. The Morgan fingerprint density at radius 1 is 1.25 bits per heavy atom. The number of aromatic nitrogens is 1. The fourth-order valence-electron chi connectivity index (χ4n) is 2.32. The van der Waals surface area contributed by atoms with Crippen LogP contribution in [0.25, 0.3) is 0 Å². The van der Waals surface area contributed by atoms with E-state index < -0.39 is 0 Å². The third-order valence-corrected chi connectivity index (χ3v) is 4.74. The predicted molar refractivity (Wildman–Crippen MR) is 104 cm³/mol. The van der Waals surface area contributed by atoms with Gasteiger partial charge in [0, 0.05) is 39.6 Å². The highest BCUT2D eigenvalue weighted by Crippen LogP contribution is 2.18. The van der Waals surface area contributed by atoms with E-state index in [4.69, 9.17) is 4.99 Å². The smallest absolute Gasteiger partial charge is 0.194 e. The number of hydrogen-bond acceptors (Lipinski definition) is 4. The second-order valence-electron chi connectivity index (χ2n) is 5.97. The van der Waals surface area contributed by atoms with Gasteiger partial charge in [-0.3, -0.25) is 0 Å². The minimum absolute atomic E-state index is 0.588. The first-order valence-electron chi connectivity index (χ1n) is 8.17. The summed E-state index contributed by atoms with van der Waals surface area (Å²) < 4.78 is 0. The molecular formula is C18H27N5S. The van der Waals surface area contributed by atoms with Gasteiger partial charge in [0.25, 0.3) is 0 Å². The second-order valence-corrected chi connectivity index (χ2v) is 6.81. The quantitative estimate of drug-likeness (QED) is 0.645. The van der Waals surface area contributed by atoms with E-state index in [0.717, 1.165) is 29.9 Å². The van der Waals surface area contributed by atoms with E-state index in [0.29, 0.717) is 6.54 Å². The molecule has 24 heavy (non-hydrogen) atoms. The zero-order chi connectivity index (χ0) is 17.5. The molecule has 1 aromatic heterocycles. The largest absolute Gasteiger partial charge is 0.357 e. The standard InChI is InChI=1S/C18H27N5S/c1-6-19-17(20-11-16-13-24-18(21-16)22(3)4)23(5)12-15-10-8-7-9-14(15)2/h7-10,13H,6,11-12H2,1-5H3,(H,19,20). The molecule has 1 heterocycles. The van der Waals surface area contributed by atoms with Crippen LogP contribution in [0.4, 0.5) is 5.13 Å². The molecule has 0 saturated carbocycles. The molecule has 2 rings (SSSR count). The molecule has 0 unspecified atom stereocenters. The third kappa shape index (κ3) is 4.96. The van der Waals surface area contributed by atoms with Crippen molar-refractivity contribution >= 4 is 22.4 Å². The Morgan fingerprint density at radius 3 is 2.62 bits per heavy atom. The Hall–Kier alpha value is -2.08. The van der Waals surface area contributed by atoms with Gasteiger partial charge in [-0.2, -0.15) is 0 Å². The number of rotatable bonds is 6. The van der Waals surface area contributed by atoms with E-state index >= 15 is 0 Å². The summed E-state index contributed by atoms with van der Waals surface area (Å²) in [5, 5.41) is 6.45. The first-order chi connectivity index (χ1) is 11.5. The normalized spacial score (nSPS) is 11.5. The minimum Gasteiger partial charge on any atom is -0.357 e. The molecule has 0 fully saturated rings. The molecule has 0 aliphatic carbocycles. The number of anilines is 1. The molecule has 0 aliphatic rings. The van der Waals surface area contributed by atoms with Gasteiger partial charge >= 0.3 is 0 Å². The predicted octanol–water partition coefficient (Wildman–Crippen LogP) is 3.12. The molecule has 6 heteroatoms. The second kappa shape index (κ2) is 8.68. The van der Waals surface area contributed by atoms with E-state index in [1.165, 1.54) is 11.1 Å². The molecule has 1 aromatic carbocycles. The minimum atomic E-state index is 0.588. The number of benzene rings is 1. The summed E-state index contributed by atoms with van der Waals surface area (Å²) in [5.41, 5.74) is 3.62. The summed E-state index contributed by atoms with van der Waals surface area (Å²) in [6.45, 7) is 6.50. The molecule has 0 saturated heterocycles. The summed E-state index contributed by atoms with van der Waals surface area (Å²) in [6, 6.07) is 8.46. The number of nitrogens with zero attached hydrogens (tertiary/aromatic N) is 4. The van der Waals surface area contributed by atoms with Crippen molar-refractivity contribution in [1.82, 2.24) is 15.2 Å². The lowest BCUT2D eigenvalue weighted by molar-refractivity contribution is 0.475. The van der Waals surface area contributed by atoms with Crippen LogP contribution in [0.2, 0.25) is 0 Å². The maximum absolute atomic E-state index is 4.74. The maximum atomic E-state index is 4.74. The first kappa shape index (κ1) is 18.3. The van der Waals surface area contributed by atoms with Crippen molar-refractivity contribution in [1.29, 1.82) is 0 Å². The average Bonchev–Trinajstić information content (AvgIpc) is 3.02. The van der Waals surface area contributed by atoms with Gasteiger partial charge in [-0.1, -0.05) is 24.3 Å². The summed E-state index contributed by atoms with van der Waals surface area (Å²) >= 11 is 1.65. The van der Waals surface area contributed by atoms with Crippen molar-refractivity contribution < 1.29 is 0 Å². The van der Waals surface area contributed by atoms with Crippen LogP contribution in [0.1, 0.15) is 23.7 Å². The highest BCUT2D eigenvalue weighted by Gasteiger charge is 2.09. The maximum Gasteiger partial charge on any atom is 0.194 e. The first-order valence-corrected chi connectivity index (χ1v) is 9.05. The summed E-state index contributed by atoms with van der Waals surface area (Å²) in [7, 11) is 6.08. The molecule has 0 amide bonds. The van der Waals surface area contributed by atoms with Crippen LogP contribution in [-0.4, -0.2) is 43.5 Å². The van der Waals surface area contributed by atoms with Gasteiger partial charge in [-0.25, -0.2) is 9.98 Å². The molecule has 0 bridgehead atoms. The van der Waals surface area contributed by atoms with Crippen molar-refractivity contribution in [2.45, 2.75) is 26.9 Å². The van der Waals surface area contributed by atoms with E-state index in [9.17, 15) is 0 Å². The molecule has 5 nitrogen and oxygen atoms in total. The van der Waals surface area contributed by atoms with Crippen molar-refractivity contribution in [3.63, 3.8) is 0 Å². The van der Waals surface area contributed by atoms with Crippen molar-refractivity contribution in [3.05, 3.63) is 46.5 Å². The summed E-state index contributed by atoms with van der Waals surface area (Å²) in [4.78, 5) is 13.5. The fraction of sp³-hybridized carbons (Fsp3) is 0.444. The molecule has 0 aliphatic heterocycles. The monoisotopic (exact) mass is 345 g/mol. The highest BCUT2D eigenvalue weighted by atomic mass is 32.1. The molecule has 2 aromatic rings. The number of aryl methyl sites for hydroxylation is 1. The Morgan fingerprint density at radius 2 is 2.00 bits per heavy atom. The molecule has 0 spiro atoms. The van der Waals surface area contributed by atoms with Gasteiger partial charge in [-0.05, 0) is 25.0 Å². The Bertz CT molecular complexity index is 678. The zero-order valence-corrected chi connectivity index (χ0v) is 16.0. The molecule has 130 valence electrons. The van der Waals surface area contributed by atoms with E-state index in [-0.39, 0.29) is 0 Å². The van der Waals surface area contributed by atoms with Crippen LogP contribution in [0.15, 0.2) is 34.6 Å². The zero-order valence-electron chi connectivity index (χ0n) is 15.2. The average molecular weight is 346 g/mol. The highest BCUT2D eigenvalue weighted by molar-refractivity contribution is 7.13. The Balaban J connectivity index is 2.07. The lowest BCUT2D eigenvalue weighted by Crippen LogP contribution is -2.38. The SMILES string of the molecule is CCNC(=NCc1csc(N(C)C)n1)N(C)Cc1ccccc1C. The number of guanidine groups is 1. The number of thiazole rings is 1. The Kier molecular flexibility index (Phi) is 6.61. The van der Waals surface area contributed by atoms with Gasteiger partial charge in [0.15, 0.2) is 11.1 Å². The van der Waals surface area contributed by atoms with Crippen molar-refractivity contribution in [2.75, 3.05) is 32.6 Å². The number of hydrogen-bond donors (Lipinski definition) is 1. The lowest BCUT2D eigenvalue weighted by Gasteiger charge is -2.23. The van der Waals surface area contributed by atoms with E-state index in [1.54, 1.807) is 11.3 Å². The van der Waals surface area contributed by atoms with Crippen LogP contribution >= 0.6 is 11.3 Å². The number of nitrogens with one attached hydrogen (secondary N) is 1. The van der Waals surface area contributed by atoms with Crippen LogP contribution in [0.5, 0.6) is 0 Å². The van der Waals surface area contributed by atoms with Crippen LogP contribution < -0.4 is 10.2 Å². The van der Waals surface area contributed by atoms with Crippen LogP contribution in [-0.2, 0) is 13.1 Å². The molecular weight excluding hydrogens is 318 g/mol. The van der Waals surface area contributed by atoms with Crippen LogP contribution in [0, 0.1) is 6.92 Å². The van der Waals surface area contributed by atoms with Gasteiger partial charge < -0.3 is 15.1 Å². The topological polar surface area (TPSA) is 43.8 Å². The lowest BCUT2D eigenvalue weighted by atomic mass is 10.1. The van der Waals surface area contributed by atoms with E-state index in [2.05, 4.69) is 65.7 Å².